The van der Waals surface area contributed by atoms with Crippen LogP contribution >= 0.6 is 11.6 Å². The maximum atomic E-state index is 11.9. The fraction of sp³-hybridized carbons (Fsp3) is 0.222. The lowest BCUT2D eigenvalue weighted by Gasteiger charge is -2.15. The highest BCUT2D eigenvalue weighted by atomic mass is 35.5. The lowest BCUT2D eigenvalue weighted by Crippen LogP contribution is -2.44. The third kappa shape index (κ3) is 5.28. The molecule has 0 aliphatic rings. The fourth-order valence-electron chi connectivity index (χ4n) is 2.14. The van der Waals surface area contributed by atoms with Gasteiger partial charge in [-0.15, -0.1) is 0 Å². The van der Waals surface area contributed by atoms with Gasteiger partial charge in [0.05, 0.1) is 0 Å². The predicted octanol–water partition coefficient (Wildman–Crippen LogP) is 2.84. The molecule has 0 bridgehead atoms. The van der Waals surface area contributed by atoms with E-state index in [1.165, 1.54) is 0 Å². The van der Waals surface area contributed by atoms with Crippen molar-refractivity contribution >= 4 is 23.5 Å². The number of ether oxygens (including phenoxy) is 1. The Morgan fingerprint density at radius 2 is 1.92 bits per heavy atom. The second-order valence-corrected chi connectivity index (χ2v) is 5.75. The number of hydrogen-bond acceptors (Lipinski definition) is 3. The molecule has 0 aliphatic heterocycles. The van der Waals surface area contributed by atoms with E-state index >= 15 is 0 Å². The first kappa shape index (κ1) is 17.8. The summed E-state index contributed by atoms with van der Waals surface area (Å²) < 4.78 is 5.37. The molecule has 0 radical (unpaired) electrons. The third-order valence-corrected chi connectivity index (χ3v) is 3.84. The molecule has 6 heteroatoms. The summed E-state index contributed by atoms with van der Waals surface area (Å²) in [6, 6.07) is 13.2. The first-order valence-electron chi connectivity index (χ1n) is 7.41. The maximum absolute atomic E-state index is 11.9. The monoisotopic (exact) mass is 347 g/mol. The van der Waals surface area contributed by atoms with Crippen molar-refractivity contribution in [1.82, 2.24) is 5.32 Å². The second-order valence-electron chi connectivity index (χ2n) is 5.35. The van der Waals surface area contributed by atoms with E-state index in [0.717, 1.165) is 11.1 Å². The van der Waals surface area contributed by atoms with Crippen molar-refractivity contribution in [2.24, 2.45) is 0 Å². The summed E-state index contributed by atoms with van der Waals surface area (Å²) >= 11 is 5.92. The second kappa shape index (κ2) is 8.36. The maximum Gasteiger partial charge on any atom is 0.326 e. The van der Waals surface area contributed by atoms with Crippen molar-refractivity contribution in [2.45, 2.75) is 19.4 Å². The van der Waals surface area contributed by atoms with Crippen molar-refractivity contribution in [3.05, 3.63) is 64.7 Å². The van der Waals surface area contributed by atoms with Gasteiger partial charge in [0.15, 0.2) is 6.61 Å². The van der Waals surface area contributed by atoms with Crippen LogP contribution < -0.4 is 10.1 Å². The molecular weight excluding hydrogens is 330 g/mol. The van der Waals surface area contributed by atoms with Gasteiger partial charge in [-0.25, -0.2) is 4.79 Å². The molecular formula is C18H18ClNO4. The first-order valence-corrected chi connectivity index (χ1v) is 7.78. The summed E-state index contributed by atoms with van der Waals surface area (Å²) in [5.41, 5.74) is 1.67. The van der Waals surface area contributed by atoms with Gasteiger partial charge < -0.3 is 15.2 Å². The fourth-order valence-corrected chi connectivity index (χ4v) is 2.26. The number of amides is 1. The van der Waals surface area contributed by atoms with Gasteiger partial charge in [0.2, 0.25) is 0 Å². The van der Waals surface area contributed by atoms with Crippen molar-refractivity contribution < 1.29 is 19.4 Å². The zero-order valence-electron chi connectivity index (χ0n) is 13.2. The van der Waals surface area contributed by atoms with Crippen LogP contribution in [0.4, 0.5) is 0 Å². The Bertz CT molecular complexity index is 718. The van der Waals surface area contributed by atoms with Crippen LogP contribution in [-0.4, -0.2) is 29.6 Å². The summed E-state index contributed by atoms with van der Waals surface area (Å²) in [4.78, 5) is 23.3. The predicted molar refractivity (Wildman–Crippen MR) is 91.4 cm³/mol. The van der Waals surface area contributed by atoms with Crippen LogP contribution in [0.2, 0.25) is 5.02 Å². The Hall–Kier alpha value is -2.53. The van der Waals surface area contributed by atoms with Gasteiger partial charge in [-0.05, 0) is 36.2 Å². The highest BCUT2D eigenvalue weighted by Gasteiger charge is 2.20. The van der Waals surface area contributed by atoms with Gasteiger partial charge in [0, 0.05) is 11.4 Å². The summed E-state index contributed by atoms with van der Waals surface area (Å²) in [5.74, 6) is -1.08. The first-order chi connectivity index (χ1) is 11.5. The van der Waals surface area contributed by atoms with Gasteiger partial charge in [0.1, 0.15) is 11.8 Å². The van der Waals surface area contributed by atoms with E-state index in [2.05, 4.69) is 5.32 Å². The molecule has 2 aromatic carbocycles. The molecule has 0 fully saturated rings. The molecule has 2 N–H and O–H groups in total. The number of hydrogen-bond donors (Lipinski definition) is 2. The molecule has 5 nitrogen and oxygen atoms in total. The van der Waals surface area contributed by atoms with Gasteiger partial charge >= 0.3 is 5.97 Å². The number of carbonyl (C=O) groups is 2. The number of carboxylic acid groups (broad SMARTS) is 1. The average molecular weight is 348 g/mol. The molecule has 0 heterocycles. The smallest absolute Gasteiger partial charge is 0.326 e. The summed E-state index contributed by atoms with van der Waals surface area (Å²) in [6.07, 6.45) is 0.210. The molecule has 2 aromatic rings. The summed E-state index contributed by atoms with van der Waals surface area (Å²) in [6.45, 7) is 1.56. The van der Waals surface area contributed by atoms with Crippen LogP contribution in [0.3, 0.4) is 0 Å². The molecule has 0 saturated heterocycles. The molecule has 0 aromatic heterocycles. The Labute approximate surface area is 145 Å². The standard InChI is InChI=1S/C18H18ClNO4/c1-12-9-14(7-8-15(12)19)24-11-17(21)20-16(18(22)23)10-13-5-3-2-4-6-13/h2-9,16H,10-11H2,1H3,(H,20,21)(H,22,23). The number of nitrogens with one attached hydrogen (secondary N) is 1. The van der Waals surface area contributed by atoms with Crippen LogP contribution in [0, 0.1) is 6.92 Å². The van der Waals surface area contributed by atoms with Crippen molar-refractivity contribution in [3.8, 4) is 5.75 Å². The van der Waals surface area contributed by atoms with E-state index in [0.29, 0.717) is 10.8 Å². The van der Waals surface area contributed by atoms with Crippen LogP contribution in [-0.2, 0) is 16.0 Å². The van der Waals surface area contributed by atoms with Crippen LogP contribution in [0.15, 0.2) is 48.5 Å². The van der Waals surface area contributed by atoms with Crippen molar-refractivity contribution in [3.63, 3.8) is 0 Å². The molecule has 1 atom stereocenters. The highest BCUT2D eigenvalue weighted by molar-refractivity contribution is 6.31. The number of aliphatic carboxylic acids is 1. The number of aryl methyl sites for hydroxylation is 1. The van der Waals surface area contributed by atoms with Crippen LogP contribution in [0.1, 0.15) is 11.1 Å². The minimum Gasteiger partial charge on any atom is -0.484 e. The molecule has 1 unspecified atom stereocenters. The minimum atomic E-state index is -1.09. The SMILES string of the molecule is Cc1cc(OCC(=O)NC(Cc2ccccc2)C(=O)O)ccc1Cl. The Morgan fingerprint density at radius 1 is 1.21 bits per heavy atom. The van der Waals surface area contributed by atoms with Gasteiger partial charge in [0.25, 0.3) is 5.91 Å². The van der Waals surface area contributed by atoms with Crippen LogP contribution in [0.5, 0.6) is 5.75 Å². The lowest BCUT2D eigenvalue weighted by molar-refractivity contribution is -0.142. The normalized spacial score (nSPS) is 11.6. The van der Waals surface area contributed by atoms with E-state index in [1.807, 2.05) is 37.3 Å². The Balaban J connectivity index is 1.90. The van der Waals surface area contributed by atoms with Crippen LogP contribution in [0.25, 0.3) is 0 Å². The average Bonchev–Trinajstić information content (AvgIpc) is 2.56. The number of carbonyl (C=O) groups excluding carboxylic acids is 1. The number of rotatable bonds is 7. The molecule has 24 heavy (non-hydrogen) atoms. The molecule has 1 amide bonds. The quantitative estimate of drug-likeness (QED) is 0.807. The molecule has 2 rings (SSSR count). The molecule has 0 saturated carbocycles. The van der Waals surface area contributed by atoms with Gasteiger partial charge in [-0.1, -0.05) is 41.9 Å². The van der Waals surface area contributed by atoms with Gasteiger partial charge in [-0.2, -0.15) is 0 Å². The largest absolute Gasteiger partial charge is 0.484 e. The summed E-state index contributed by atoms with van der Waals surface area (Å²) in [5, 5.41) is 12.3. The zero-order chi connectivity index (χ0) is 17.5. The number of carboxylic acids is 1. The summed E-state index contributed by atoms with van der Waals surface area (Å²) in [7, 11) is 0. The van der Waals surface area contributed by atoms with Gasteiger partial charge in [-0.3, -0.25) is 4.79 Å². The molecule has 0 aliphatic carbocycles. The topological polar surface area (TPSA) is 75.6 Å². The molecule has 126 valence electrons. The zero-order valence-corrected chi connectivity index (χ0v) is 13.9. The number of benzene rings is 2. The van der Waals surface area contributed by atoms with E-state index in [-0.39, 0.29) is 13.0 Å². The van der Waals surface area contributed by atoms with Crippen molar-refractivity contribution in [2.75, 3.05) is 6.61 Å². The lowest BCUT2D eigenvalue weighted by atomic mass is 10.1. The van der Waals surface area contributed by atoms with E-state index in [9.17, 15) is 14.7 Å². The minimum absolute atomic E-state index is 0.210. The van der Waals surface area contributed by atoms with E-state index < -0.39 is 17.9 Å². The van der Waals surface area contributed by atoms with Crippen molar-refractivity contribution in [1.29, 1.82) is 0 Å². The molecule has 0 spiro atoms. The Morgan fingerprint density at radius 3 is 2.54 bits per heavy atom. The highest BCUT2D eigenvalue weighted by Crippen LogP contribution is 2.20. The Kier molecular flexibility index (Phi) is 6.21. The van der Waals surface area contributed by atoms with E-state index in [1.54, 1.807) is 18.2 Å². The third-order valence-electron chi connectivity index (χ3n) is 3.42. The van der Waals surface area contributed by atoms with E-state index in [4.69, 9.17) is 16.3 Å². The number of halogens is 1.